The molecule has 0 bridgehead atoms. The van der Waals surface area contributed by atoms with Crippen LogP contribution in [0.15, 0.2) is 49.1 Å². The summed E-state index contributed by atoms with van der Waals surface area (Å²) in [6.07, 6.45) is 7.89. The number of nitrogens with one attached hydrogen (secondary N) is 3. The Balaban J connectivity index is 0.901. The van der Waals surface area contributed by atoms with Crippen LogP contribution >= 0.6 is 0 Å². The maximum atomic E-state index is 13.3. The first-order chi connectivity index (χ1) is 26.9. The zero-order chi connectivity index (χ0) is 38.7. The van der Waals surface area contributed by atoms with Crippen molar-refractivity contribution in [2.24, 2.45) is 0 Å². The molecule has 0 saturated carbocycles. The van der Waals surface area contributed by atoms with Crippen LogP contribution in [0.4, 0.5) is 21.1 Å². The topological polar surface area (TPSA) is 213 Å². The number of anilines is 2. The fourth-order valence-electron chi connectivity index (χ4n) is 5.85. The van der Waals surface area contributed by atoms with Gasteiger partial charge in [0.25, 0.3) is 5.91 Å². The van der Waals surface area contributed by atoms with Crippen LogP contribution in [0.3, 0.4) is 0 Å². The number of urea groups is 2. The molecule has 0 aliphatic carbocycles. The lowest BCUT2D eigenvalue weighted by Gasteiger charge is -2.37. The van der Waals surface area contributed by atoms with E-state index in [1.165, 1.54) is 18.6 Å². The highest BCUT2D eigenvalue weighted by molar-refractivity contribution is 6.22. The van der Waals surface area contributed by atoms with Gasteiger partial charge in [0, 0.05) is 56.3 Å². The van der Waals surface area contributed by atoms with Gasteiger partial charge in [0.05, 0.1) is 78.4 Å². The third-order valence-electron chi connectivity index (χ3n) is 8.76. The molecule has 2 aliphatic heterocycles. The molecule has 2 aromatic heterocycles. The molecule has 4 heterocycles. The van der Waals surface area contributed by atoms with Crippen LogP contribution in [0.1, 0.15) is 32.6 Å². The van der Waals surface area contributed by atoms with Gasteiger partial charge in [0.2, 0.25) is 5.91 Å². The van der Waals surface area contributed by atoms with Gasteiger partial charge in [-0.3, -0.25) is 14.6 Å². The Kier molecular flexibility index (Phi) is 16.2. The van der Waals surface area contributed by atoms with Crippen LogP contribution in [0.2, 0.25) is 0 Å². The molecule has 6 amide bonds. The second-order valence-electron chi connectivity index (χ2n) is 12.7. The van der Waals surface area contributed by atoms with E-state index in [0.717, 1.165) is 16.9 Å². The molecule has 1 spiro atoms. The smallest absolute Gasteiger partial charge is 0.330 e. The molecular weight excluding hydrogens is 716 g/mol. The predicted molar refractivity (Wildman–Crippen MR) is 198 cm³/mol. The number of nitrogens with zero attached hydrogens (tertiary/aromatic N) is 7. The number of carbonyl (C=O) groups is 4. The maximum Gasteiger partial charge on any atom is 0.330 e. The van der Waals surface area contributed by atoms with Crippen molar-refractivity contribution in [3.8, 4) is 11.3 Å². The highest BCUT2D eigenvalue weighted by atomic mass is 16.6. The molecule has 5 rings (SSSR count). The Hall–Kier alpha value is -5.08. The second kappa shape index (κ2) is 21.7. The molecule has 19 nitrogen and oxygen atoms in total. The third kappa shape index (κ3) is 12.5. The van der Waals surface area contributed by atoms with Crippen LogP contribution in [0.25, 0.3) is 11.3 Å². The van der Waals surface area contributed by atoms with Crippen molar-refractivity contribution < 1.29 is 42.9 Å². The van der Waals surface area contributed by atoms with Crippen molar-refractivity contribution >= 4 is 35.4 Å². The number of amides is 6. The van der Waals surface area contributed by atoms with Gasteiger partial charge in [-0.2, -0.15) is 0 Å². The largest absolute Gasteiger partial charge is 0.381 e. The van der Waals surface area contributed by atoms with E-state index >= 15 is 0 Å². The van der Waals surface area contributed by atoms with E-state index in [4.69, 9.17) is 23.7 Å². The van der Waals surface area contributed by atoms with Crippen molar-refractivity contribution in [2.45, 2.75) is 44.7 Å². The first-order valence-electron chi connectivity index (χ1n) is 18.5. The molecule has 19 heteroatoms. The van der Waals surface area contributed by atoms with Gasteiger partial charge in [-0.15, -0.1) is 5.10 Å². The lowest BCUT2D eigenvalue weighted by atomic mass is 9.87. The summed E-state index contributed by atoms with van der Waals surface area (Å²) in [6, 6.07) is 6.45. The average Bonchev–Trinajstić information content (AvgIpc) is 3.76. The highest BCUT2D eigenvalue weighted by Crippen LogP contribution is 2.32. The summed E-state index contributed by atoms with van der Waals surface area (Å²) in [4.78, 5) is 61.4. The summed E-state index contributed by atoms with van der Waals surface area (Å²) in [6.45, 7) is 8.10. The molecular formula is C36H50N10O9. The zero-order valence-corrected chi connectivity index (χ0v) is 31.2. The van der Waals surface area contributed by atoms with Gasteiger partial charge in [-0.1, -0.05) is 24.3 Å². The van der Waals surface area contributed by atoms with Gasteiger partial charge in [0.15, 0.2) is 5.82 Å². The molecule has 2 fully saturated rings. The summed E-state index contributed by atoms with van der Waals surface area (Å²) >= 11 is 0. The van der Waals surface area contributed by atoms with Gasteiger partial charge in [-0.25, -0.2) is 24.2 Å². The summed E-state index contributed by atoms with van der Waals surface area (Å²) in [7, 11) is 0. The van der Waals surface area contributed by atoms with E-state index in [2.05, 4.69) is 36.2 Å². The molecule has 2 aliphatic rings. The number of rotatable bonds is 23. The summed E-state index contributed by atoms with van der Waals surface area (Å²) < 4.78 is 29.1. The molecule has 2 saturated heterocycles. The number of hydrogen-bond donors (Lipinski definition) is 3. The van der Waals surface area contributed by atoms with E-state index in [0.29, 0.717) is 97.0 Å². The van der Waals surface area contributed by atoms with Gasteiger partial charge < -0.3 is 44.5 Å². The van der Waals surface area contributed by atoms with E-state index in [-0.39, 0.29) is 43.7 Å². The Morgan fingerprint density at radius 3 is 2.31 bits per heavy atom. The number of imide groups is 1. The van der Waals surface area contributed by atoms with E-state index in [1.54, 1.807) is 15.6 Å². The molecule has 1 aromatic carbocycles. The fourth-order valence-corrected chi connectivity index (χ4v) is 5.85. The zero-order valence-electron chi connectivity index (χ0n) is 31.2. The molecule has 3 N–H and O–H groups in total. The summed E-state index contributed by atoms with van der Waals surface area (Å²) in [5, 5.41) is 17.0. The standard InChI is InChI=1S/C36H50N10O9/c1-2-15-51-16-6-32(47)39-11-17-52-19-21-54-23-24-55-22-20-53-18-14-45-27-30(42-43-45)28-4-3-5-29(25-28)40-34(49)44-12-7-36(8-13-44)33(48)46(35(50)41-36)31-26-37-9-10-38-31/h3-5,9-10,25-27H,2,6-8,11-24H2,1H3,(H,39,47)(H,40,49)(H,41,50). The summed E-state index contributed by atoms with van der Waals surface area (Å²) in [5.74, 6) is -0.274. The predicted octanol–water partition coefficient (Wildman–Crippen LogP) is 1.86. The Morgan fingerprint density at radius 1 is 0.891 bits per heavy atom. The molecule has 0 radical (unpaired) electrons. The lowest BCUT2D eigenvalue weighted by Crippen LogP contribution is -2.56. The number of carbonyl (C=O) groups excluding carboxylic acids is 4. The van der Waals surface area contributed by atoms with E-state index in [1.807, 2.05) is 31.3 Å². The maximum absolute atomic E-state index is 13.3. The van der Waals surface area contributed by atoms with Crippen LogP contribution in [-0.4, -0.2) is 145 Å². The quantitative estimate of drug-likeness (QED) is 0.0930. The van der Waals surface area contributed by atoms with E-state index < -0.39 is 17.5 Å². The molecule has 55 heavy (non-hydrogen) atoms. The second-order valence-corrected chi connectivity index (χ2v) is 12.7. The van der Waals surface area contributed by atoms with Crippen molar-refractivity contribution in [3.63, 3.8) is 0 Å². The SMILES string of the molecule is CCCOCCC(=O)NCCOCCOCCOCCOCCn1cc(-c2cccc(NC(=O)N3CCC4(CC3)NC(=O)N(c3cnccn3)C4=O)c2)nn1. The third-order valence-corrected chi connectivity index (χ3v) is 8.76. The number of benzene rings is 1. The van der Waals surface area contributed by atoms with Gasteiger partial charge >= 0.3 is 12.1 Å². The number of ether oxygens (including phenoxy) is 5. The Labute approximate surface area is 319 Å². The number of aromatic nitrogens is 5. The minimum atomic E-state index is -1.09. The highest BCUT2D eigenvalue weighted by Gasteiger charge is 2.53. The minimum Gasteiger partial charge on any atom is -0.381 e. The minimum absolute atomic E-state index is 0.0454. The summed E-state index contributed by atoms with van der Waals surface area (Å²) in [5.41, 5.74) is 0.918. The van der Waals surface area contributed by atoms with Crippen molar-refractivity contribution in [1.29, 1.82) is 0 Å². The fraction of sp³-hybridized carbons (Fsp3) is 0.556. The Bertz CT molecular complexity index is 1670. The van der Waals surface area contributed by atoms with E-state index in [9.17, 15) is 19.2 Å². The van der Waals surface area contributed by atoms with Gasteiger partial charge in [0.1, 0.15) is 11.2 Å². The van der Waals surface area contributed by atoms with Crippen LogP contribution < -0.4 is 20.9 Å². The number of hydrogen-bond acceptors (Lipinski definition) is 13. The van der Waals surface area contributed by atoms with Crippen molar-refractivity contribution in [3.05, 3.63) is 49.1 Å². The van der Waals surface area contributed by atoms with Gasteiger partial charge in [-0.05, 0) is 31.4 Å². The molecule has 298 valence electrons. The monoisotopic (exact) mass is 766 g/mol. The first-order valence-corrected chi connectivity index (χ1v) is 18.5. The molecule has 3 aromatic rings. The Morgan fingerprint density at radius 2 is 1.60 bits per heavy atom. The van der Waals surface area contributed by atoms with Crippen molar-refractivity contribution in [2.75, 3.05) is 95.9 Å². The lowest BCUT2D eigenvalue weighted by molar-refractivity contribution is -0.123. The van der Waals surface area contributed by atoms with Crippen LogP contribution in [0.5, 0.6) is 0 Å². The van der Waals surface area contributed by atoms with Crippen LogP contribution in [-0.2, 0) is 39.8 Å². The first kappa shape index (κ1) is 41.1. The van der Waals surface area contributed by atoms with Crippen molar-refractivity contribution in [1.82, 2.24) is 40.5 Å². The average molecular weight is 767 g/mol. The number of likely N-dealkylation sites (tertiary alicyclic amines) is 1. The normalized spacial score (nSPS) is 15.1. The van der Waals surface area contributed by atoms with Crippen LogP contribution in [0, 0.1) is 0 Å². The number of piperidine rings is 1. The molecule has 0 atom stereocenters. The molecule has 0 unspecified atom stereocenters.